The van der Waals surface area contributed by atoms with E-state index in [2.05, 4.69) is 13.8 Å². The summed E-state index contributed by atoms with van der Waals surface area (Å²) in [4.78, 5) is 25.2. The van der Waals surface area contributed by atoms with Gasteiger partial charge in [-0.1, -0.05) is 19.9 Å². The van der Waals surface area contributed by atoms with Crippen LogP contribution in [0.1, 0.15) is 50.7 Å². The summed E-state index contributed by atoms with van der Waals surface area (Å²) < 4.78 is 5.81. The van der Waals surface area contributed by atoms with E-state index in [4.69, 9.17) is 9.84 Å². The van der Waals surface area contributed by atoms with E-state index in [1.165, 1.54) is 5.56 Å². The lowest BCUT2D eigenvalue weighted by Crippen LogP contribution is -2.45. The van der Waals surface area contributed by atoms with Crippen LogP contribution < -0.4 is 4.74 Å². The van der Waals surface area contributed by atoms with Crippen LogP contribution in [0.15, 0.2) is 18.2 Å². The quantitative estimate of drug-likeness (QED) is 0.898. The predicted molar refractivity (Wildman–Crippen MR) is 92.3 cm³/mol. The van der Waals surface area contributed by atoms with Gasteiger partial charge in [-0.05, 0) is 55.9 Å². The summed E-state index contributed by atoms with van der Waals surface area (Å²) in [6.07, 6.45) is 0.446. The molecule has 1 aromatic carbocycles. The van der Waals surface area contributed by atoms with Crippen LogP contribution in [-0.4, -0.2) is 41.1 Å². The Kier molecular flexibility index (Phi) is 5.86. The maximum absolute atomic E-state index is 12.5. The molecule has 1 fully saturated rings. The molecule has 132 valence electrons. The number of carbonyl (C=O) groups excluding carboxylic acids is 1. The molecule has 1 atom stereocenters. The summed E-state index contributed by atoms with van der Waals surface area (Å²) in [7, 11) is 0. The third-order valence-electron chi connectivity index (χ3n) is 4.68. The number of carboxylic acids is 1. The normalized spacial score (nSPS) is 17.0. The van der Waals surface area contributed by atoms with Gasteiger partial charge in [-0.15, -0.1) is 0 Å². The molecule has 1 aliphatic heterocycles. The number of hydrogen-bond acceptors (Lipinski definition) is 3. The van der Waals surface area contributed by atoms with Gasteiger partial charge in [-0.25, -0.2) is 0 Å². The molecule has 1 unspecified atom stereocenters. The number of hydrogen-bond donors (Lipinski definition) is 1. The smallest absolute Gasteiger partial charge is 0.306 e. The summed E-state index contributed by atoms with van der Waals surface area (Å²) in [5.74, 6) is -0.0418. The van der Waals surface area contributed by atoms with Crippen LogP contribution in [0.25, 0.3) is 0 Å². The molecule has 0 saturated carbocycles. The van der Waals surface area contributed by atoms with Crippen LogP contribution in [0.2, 0.25) is 0 Å². The van der Waals surface area contributed by atoms with Gasteiger partial charge in [0, 0.05) is 13.1 Å². The van der Waals surface area contributed by atoms with Gasteiger partial charge in [-0.3, -0.25) is 9.59 Å². The van der Waals surface area contributed by atoms with E-state index in [0.29, 0.717) is 37.6 Å². The van der Waals surface area contributed by atoms with Crippen molar-refractivity contribution in [3.8, 4) is 5.75 Å². The zero-order chi connectivity index (χ0) is 17.9. The van der Waals surface area contributed by atoms with Crippen molar-refractivity contribution in [2.75, 3.05) is 13.1 Å². The molecule has 5 nitrogen and oxygen atoms in total. The fourth-order valence-corrected chi connectivity index (χ4v) is 3.23. The van der Waals surface area contributed by atoms with E-state index in [1.54, 1.807) is 11.8 Å². The van der Waals surface area contributed by atoms with Crippen LogP contribution in [0.3, 0.4) is 0 Å². The van der Waals surface area contributed by atoms with Gasteiger partial charge in [0.05, 0.1) is 5.92 Å². The van der Waals surface area contributed by atoms with E-state index in [9.17, 15) is 9.59 Å². The van der Waals surface area contributed by atoms with Crippen LogP contribution >= 0.6 is 0 Å². The zero-order valence-corrected chi connectivity index (χ0v) is 14.9. The number of nitrogens with zero attached hydrogens (tertiary/aromatic N) is 1. The van der Waals surface area contributed by atoms with E-state index in [-0.39, 0.29) is 11.8 Å². The third-order valence-corrected chi connectivity index (χ3v) is 4.68. The highest BCUT2D eigenvalue weighted by atomic mass is 16.5. The molecule has 1 heterocycles. The molecule has 0 radical (unpaired) electrons. The SMILES string of the molecule is Cc1cc(OC(C)C(=O)N2CCC(C(=O)O)CC2)ccc1C(C)C. The Balaban J connectivity index is 1.95. The highest BCUT2D eigenvalue weighted by Crippen LogP contribution is 2.25. The predicted octanol–water partition coefficient (Wildman–Crippen LogP) is 3.21. The lowest BCUT2D eigenvalue weighted by molar-refractivity contribution is -0.147. The van der Waals surface area contributed by atoms with Crippen LogP contribution in [0, 0.1) is 12.8 Å². The van der Waals surface area contributed by atoms with E-state index >= 15 is 0 Å². The molecule has 2 rings (SSSR count). The molecule has 5 heteroatoms. The van der Waals surface area contributed by atoms with Crippen molar-refractivity contribution < 1.29 is 19.4 Å². The number of aliphatic carboxylic acids is 1. The van der Waals surface area contributed by atoms with Crippen molar-refractivity contribution >= 4 is 11.9 Å². The van der Waals surface area contributed by atoms with Crippen molar-refractivity contribution in [2.45, 2.75) is 52.6 Å². The Hall–Kier alpha value is -2.04. The number of amides is 1. The van der Waals surface area contributed by atoms with Crippen LogP contribution in [-0.2, 0) is 9.59 Å². The lowest BCUT2D eigenvalue weighted by atomic mass is 9.97. The summed E-state index contributed by atoms with van der Waals surface area (Å²) >= 11 is 0. The Morgan fingerprint density at radius 1 is 1.21 bits per heavy atom. The molecule has 0 aliphatic carbocycles. The molecule has 0 aromatic heterocycles. The largest absolute Gasteiger partial charge is 0.481 e. The van der Waals surface area contributed by atoms with Crippen molar-refractivity contribution in [3.05, 3.63) is 29.3 Å². The molecule has 0 spiro atoms. The first-order chi connectivity index (χ1) is 11.3. The van der Waals surface area contributed by atoms with Gasteiger partial charge in [-0.2, -0.15) is 0 Å². The fraction of sp³-hybridized carbons (Fsp3) is 0.579. The summed E-state index contributed by atoms with van der Waals surface area (Å²) in [5, 5.41) is 9.03. The average molecular weight is 333 g/mol. The summed E-state index contributed by atoms with van der Waals surface area (Å²) in [5.41, 5.74) is 2.43. The van der Waals surface area contributed by atoms with Crippen molar-refractivity contribution in [2.24, 2.45) is 5.92 Å². The Labute approximate surface area is 143 Å². The fourth-order valence-electron chi connectivity index (χ4n) is 3.23. The van der Waals surface area contributed by atoms with E-state index in [1.807, 2.05) is 25.1 Å². The monoisotopic (exact) mass is 333 g/mol. The molecule has 24 heavy (non-hydrogen) atoms. The number of ether oxygens (including phenoxy) is 1. The van der Waals surface area contributed by atoms with Crippen molar-refractivity contribution in [1.82, 2.24) is 4.90 Å². The van der Waals surface area contributed by atoms with Gasteiger partial charge < -0.3 is 14.7 Å². The molecule has 1 saturated heterocycles. The first kappa shape index (κ1) is 18.3. The number of rotatable bonds is 5. The second kappa shape index (κ2) is 7.69. The number of carbonyl (C=O) groups is 2. The molecule has 1 amide bonds. The maximum Gasteiger partial charge on any atom is 0.306 e. The molecule has 1 aliphatic rings. The van der Waals surface area contributed by atoms with Crippen molar-refractivity contribution in [1.29, 1.82) is 0 Å². The number of aryl methyl sites for hydroxylation is 1. The van der Waals surface area contributed by atoms with E-state index < -0.39 is 12.1 Å². The molecule has 1 aromatic rings. The van der Waals surface area contributed by atoms with Gasteiger partial charge in [0.2, 0.25) is 0 Å². The Morgan fingerprint density at radius 2 is 1.83 bits per heavy atom. The minimum absolute atomic E-state index is 0.0792. The standard InChI is InChI=1S/C19H27NO4/c1-12(2)17-6-5-16(11-13(17)3)24-14(4)18(21)20-9-7-15(8-10-20)19(22)23/h5-6,11-12,14-15H,7-10H2,1-4H3,(H,22,23). The minimum atomic E-state index is -0.771. The highest BCUT2D eigenvalue weighted by molar-refractivity contribution is 5.81. The van der Waals surface area contributed by atoms with Crippen LogP contribution in [0.4, 0.5) is 0 Å². The maximum atomic E-state index is 12.5. The van der Waals surface area contributed by atoms with E-state index in [0.717, 1.165) is 5.56 Å². The second-order valence-corrected chi connectivity index (χ2v) is 6.87. The number of likely N-dealkylation sites (tertiary alicyclic amines) is 1. The minimum Gasteiger partial charge on any atom is -0.481 e. The molecule has 0 bridgehead atoms. The molecular weight excluding hydrogens is 306 g/mol. The number of carboxylic acid groups (broad SMARTS) is 1. The first-order valence-electron chi connectivity index (χ1n) is 8.58. The number of benzene rings is 1. The van der Waals surface area contributed by atoms with Crippen LogP contribution in [0.5, 0.6) is 5.75 Å². The topological polar surface area (TPSA) is 66.8 Å². The summed E-state index contributed by atoms with van der Waals surface area (Å²) in [6, 6.07) is 5.92. The zero-order valence-electron chi connectivity index (χ0n) is 14.9. The second-order valence-electron chi connectivity index (χ2n) is 6.87. The molecular formula is C19H27NO4. The van der Waals surface area contributed by atoms with Gasteiger partial charge in [0.15, 0.2) is 6.10 Å². The Morgan fingerprint density at radius 3 is 2.33 bits per heavy atom. The third kappa shape index (κ3) is 4.28. The number of piperidine rings is 1. The van der Waals surface area contributed by atoms with Crippen molar-refractivity contribution in [3.63, 3.8) is 0 Å². The Bertz CT molecular complexity index is 603. The first-order valence-corrected chi connectivity index (χ1v) is 8.58. The molecule has 1 N–H and O–H groups in total. The lowest BCUT2D eigenvalue weighted by Gasteiger charge is -2.32. The van der Waals surface area contributed by atoms with Gasteiger partial charge in [0.25, 0.3) is 5.91 Å². The van der Waals surface area contributed by atoms with Gasteiger partial charge >= 0.3 is 5.97 Å². The average Bonchev–Trinajstić information content (AvgIpc) is 2.53. The van der Waals surface area contributed by atoms with Gasteiger partial charge in [0.1, 0.15) is 5.75 Å². The summed E-state index contributed by atoms with van der Waals surface area (Å²) in [6.45, 7) is 9.05. The highest BCUT2D eigenvalue weighted by Gasteiger charge is 2.29.